The minimum absolute atomic E-state index is 0.338. The van der Waals surface area contributed by atoms with E-state index in [0.29, 0.717) is 38.6 Å². The minimum atomic E-state index is -3.26. The molecule has 0 amide bonds. The van der Waals surface area contributed by atoms with Gasteiger partial charge in [0.25, 0.3) is 10.2 Å². The first-order chi connectivity index (χ1) is 7.98. The molecule has 6 heteroatoms. The minimum Gasteiger partial charge on any atom is -0.330 e. The van der Waals surface area contributed by atoms with Crippen LogP contribution in [0.25, 0.3) is 0 Å². The van der Waals surface area contributed by atoms with Crippen molar-refractivity contribution in [2.45, 2.75) is 33.1 Å². The molecule has 0 bridgehead atoms. The zero-order chi connectivity index (χ0) is 12.9. The molecule has 0 saturated carbocycles. The first-order valence-electron chi connectivity index (χ1n) is 6.43. The van der Waals surface area contributed by atoms with Crippen LogP contribution in [-0.2, 0) is 10.2 Å². The maximum atomic E-state index is 12.4. The second-order valence-corrected chi connectivity index (χ2v) is 6.94. The summed E-state index contributed by atoms with van der Waals surface area (Å²) < 4.78 is 28.0. The van der Waals surface area contributed by atoms with Crippen molar-refractivity contribution in [3.63, 3.8) is 0 Å². The van der Waals surface area contributed by atoms with Crippen molar-refractivity contribution in [3.05, 3.63) is 0 Å². The van der Waals surface area contributed by atoms with Gasteiger partial charge in [-0.25, -0.2) is 0 Å². The van der Waals surface area contributed by atoms with Crippen molar-refractivity contribution in [3.8, 4) is 0 Å². The monoisotopic (exact) mass is 263 g/mol. The topological polar surface area (TPSA) is 66.6 Å². The average Bonchev–Trinajstić information content (AvgIpc) is 2.77. The number of nitrogens with zero attached hydrogens (tertiary/aromatic N) is 2. The van der Waals surface area contributed by atoms with E-state index < -0.39 is 10.2 Å². The van der Waals surface area contributed by atoms with Gasteiger partial charge in [0.2, 0.25) is 0 Å². The van der Waals surface area contributed by atoms with Crippen LogP contribution >= 0.6 is 0 Å². The van der Waals surface area contributed by atoms with E-state index in [4.69, 9.17) is 5.73 Å². The van der Waals surface area contributed by atoms with Gasteiger partial charge in [-0.1, -0.05) is 13.8 Å². The van der Waals surface area contributed by atoms with Gasteiger partial charge in [-0.15, -0.1) is 0 Å². The van der Waals surface area contributed by atoms with E-state index in [9.17, 15) is 8.42 Å². The number of hydrogen-bond donors (Lipinski definition) is 1. The second-order valence-electron chi connectivity index (χ2n) is 5.01. The molecule has 0 unspecified atom stereocenters. The first-order valence-corrected chi connectivity index (χ1v) is 7.83. The average molecular weight is 263 g/mol. The quantitative estimate of drug-likeness (QED) is 0.733. The highest BCUT2D eigenvalue weighted by Gasteiger charge is 2.31. The predicted molar refractivity (Wildman–Crippen MR) is 69.8 cm³/mol. The zero-order valence-corrected chi connectivity index (χ0v) is 11.7. The molecule has 0 atom stereocenters. The molecule has 17 heavy (non-hydrogen) atoms. The van der Waals surface area contributed by atoms with E-state index >= 15 is 0 Å². The van der Waals surface area contributed by atoms with Crippen LogP contribution in [0.3, 0.4) is 0 Å². The molecule has 1 aliphatic heterocycles. The number of hydrogen-bond acceptors (Lipinski definition) is 3. The van der Waals surface area contributed by atoms with E-state index in [-0.39, 0.29) is 0 Å². The summed E-state index contributed by atoms with van der Waals surface area (Å²) in [5.74, 6) is 0.338. The number of rotatable bonds is 7. The molecule has 0 aliphatic carbocycles. The van der Waals surface area contributed by atoms with Crippen LogP contribution in [-0.4, -0.2) is 49.8 Å². The lowest BCUT2D eigenvalue weighted by molar-refractivity contribution is 0.329. The molecule has 0 spiro atoms. The highest BCUT2D eigenvalue weighted by molar-refractivity contribution is 7.86. The Morgan fingerprint density at radius 3 is 2.35 bits per heavy atom. The summed E-state index contributed by atoms with van der Waals surface area (Å²) in [6.45, 7) is 7.06. The number of nitrogens with two attached hydrogens (primary N) is 1. The standard InChI is InChI=1S/C11H25N3O2S/c1-11(2)10-14(9-5-6-12)17(15,16)13-7-3-4-8-13/h11H,3-10,12H2,1-2H3. The van der Waals surface area contributed by atoms with E-state index in [0.717, 1.165) is 19.3 Å². The van der Waals surface area contributed by atoms with Crippen molar-refractivity contribution in [2.75, 3.05) is 32.7 Å². The molecule has 2 N–H and O–H groups in total. The van der Waals surface area contributed by atoms with E-state index in [1.807, 2.05) is 13.8 Å². The smallest absolute Gasteiger partial charge is 0.281 e. The third kappa shape index (κ3) is 4.21. The van der Waals surface area contributed by atoms with Gasteiger partial charge in [-0.2, -0.15) is 17.0 Å². The molecule has 0 aromatic carbocycles. The van der Waals surface area contributed by atoms with Crippen LogP contribution < -0.4 is 5.73 Å². The fourth-order valence-electron chi connectivity index (χ4n) is 2.06. The lowest BCUT2D eigenvalue weighted by atomic mass is 10.2. The molecule has 1 saturated heterocycles. The van der Waals surface area contributed by atoms with Crippen LogP contribution in [0.5, 0.6) is 0 Å². The fraction of sp³-hybridized carbons (Fsp3) is 1.00. The van der Waals surface area contributed by atoms with Crippen molar-refractivity contribution in [2.24, 2.45) is 11.7 Å². The predicted octanol–water partition coefficient (Wildman–Crippen LogP) is 0.634. The summed E-state index contributed by atoms with van der Waals surface area (Å²) in [7, 11) is -3.26. The Kier molecular flexibility index (Phi) is 5.85. The Morgan fingerprint density at radius 1 is 1.29 bits per heavy atom. The van der Waals surface area contributed by atoms with Gasteiger partial charge >= 0.3 is 0 Å². The third-order valence-electron chi connectivity index (χ3n) is 2.90. The van der Waals surface area contributed by atoms with Crippen molar-refractivity contribution >= 4 is 10.2 Å². The summed E-state index contributed by atoms with van der Waals surface area (Å²) in [5.41, 5.74) is 5.47. The maximum Gasteiger partial charge on any atom is 0.281 e. The van der Waals surface area contributed by atoms with Crippen molar-refractivity contribution < 1.29 is 8.42 Å². The van der Waals surface area contributed by atoms with Crippen molar-refractivity contribution in [1.82, 2.24) is 8.61 Å². The molecule has 0 radical (unpaired) electrons. The van der Waals surface area contributed by atoms with Crippen LogP contribution in [0.2, 0.25) is 0 Å². The van der Waals surface area contributed by atoms with Crippen LogP contribution in [0, 0.1) is 5.92 Å². The normalized spacial score (nSPS) is 18.4. The molecule has 1 aliphatic rings. The van der Waals surface area contributed by atoms with Gasteiger partial charge in [0.1, 0.15) is 0 Å². The molecule has 0 aromatic rings. The fourth-order valence-corrected chi connectivity index (χ4v) is 3.95. The molecule has 1 heterocycles. The Labute approximate surface area is 105 Å². The maximum absolute atomic E-state index is 12.4. The van der Waals surface area contributed by atoms with Gasteiger partial charge in [0.15, 0.2) is 0 Å². The van der Waals surface area contributed by atoms with Gasteiger partial charge in [0.05, 0.1) is 0 Å². The van der Waals surface area contributed by atoms with E-state index in [1.165, 1.54) is 0 Å². The lowest BCUT2D eigenvalue weighted by Crippen LogP contribution is -2.44. The van der Waals surface area contributed by atoms with E-state index in [1.54, 1.807) is 8.61 Å². The van der Waals surface area contributed by atoms with Crippen molar-refractivity contribution in [1.29, 1.82) is 0 Å². The van der Waals surface area contributed by atoms with Crippen LogP contribution in [0.1, 0.15) is 33.1 Å². The summed E-state index contributed by atoms with van der Waals surface area (Å²) in [6, 6.07) is 0. The summed E-state index contributed by atoms with van der Waals surface area (Å²) in [5, 5.41) is 0. The third-order valence-corrected chi connectivity index (χ3v) is 4.90. The SMILES string of the molecule is CC(C)CN(CCCN)S(=O)(=O)N1CCCC1. The van der Waals surface area contributed by atoms with Gasteiger partial charge < -0.3 is 5.73 Å². The first kappa shape index (κ1) is 14.9. The Morgan fingerprint density at radius 2 is 1.88 bits per heavy atom. The molecule has 1 rings (SSSR count). The molecule has 102 valence electrons. The molecular formula is C11H25N3O2S. The van der Waals surface area contributed by atoms with Crippen LogP contribution in [0.4, 0.5) is 0 Å². The lowest BCUT2D eigenvalue weighted by Gasteiger charge is -2.28. The highest BCUT2D eigenvalue weighted by Crippen LogP contribution is 2.17. The molecule has 5 nitrogen and oxygen atoms in total. The Bertz CT molecular complexity index is 311. The summed E-state index contributed by atoms with van der Waals surface area (Å²) in [4.78, 5) is 0. The molecular weight excluding hydrogens is 238 g/mol. The Balaban J connectivity index is 2.71. The van der Waals surface area contributed by atoms with Crippen LogP contribution in [0.15, 0.2) is 0 Å². The second kappa shape index (κ2) is 6.68. The van der Waals surface area contributed by atoms with Gasteiger partial charge in [0, 0.05) is 26.2 Å². The molecule has 0 aromatic heterocycles. The highest BCUT2D eigenvalue weighted by atomic mass is 32.2. The van der Waals surface area contributed by atoms with E-state index in [2.05, 4.69) is 0 Å². The van der Waals surface area contributed by atoms with Gasteiger partial charge in [-0.3, -0.25) is 0 Å². The zero-order valence-electron chi connectivity index (χ0n) is 10.9. The summed E-state index contributed by atoms with van der Waals surface area (Å²) >= 11 is 0. The molecule has 1 fully saturated rings. The van der Waals surface area contributed by atoms with Gasteiger partial charge in [-0.05, 0) is 31.7 Å². The summed E-state index contributed by atoms with van der Waals surface area (Å²) in [6.07, 6.45) is 2.68. The largest absolute Gasteiger partial charge is 0.330 e. The Hall–Kier alpha value is -0.170.